The van der Waals surface area contributed by atoms with Crippen LogP contribution in [-0.2, 0) is 95.0 Å². The third-order valence-electron chi connectivity index (χ3n) is 12.3. The van der Waals surface area contributed by atoms with Crippen molar-refractivity contribution in [2.45, 2.75) is 101 Å². The van der Waals surface area contributed by atoms with Crippen molar-refractivity contribution in [2.24, 2.45) is 38.8 Å². The highest BCUT2D eigenvalue weighted by Crippen LogP contribution is 2.33. The van der Waals surface area contributed by atoms with Crippen molar-refractivity contribution in [1.82, 2.24) is 15.5 Å². The number of aliphatic imine (C=N–C) groups is 2. The molecule has 0 aromatic heterocycles. The smallest absolute Gasteiger partial charge is 0.479 e. The van der Waals surface area contributed by atoms with Crippen molar-refractivity contribution >= 4 is 60.0 Å². The third-order valence-corrected chi connectivity index (χ3v) is 12.3. The van der Waals surface area contributed by atoms with Crippen LogP contribution in [0.25, 0.3) is 0 Å². The van der Waals surface area contributed by atoms with Crippen LogP contribution in [0.1, 0.15) is 46.0 Å². The van der Waals surface area contributed by atoms with Gasteiger partial charge in [0.15, 0.2) is 42.4 Å². The normalized spacial score (nSPS) is 22.4. The number of nitrogens with one attached hydrogen (secondary N) is 2. The topological polar surface area (TPSA) is 431 Å². The second-order valence-corrected chi connectivity index (χ2v) is 18.2. The van der Waals surface area contributed by atoms with Crippen LogP contribution in [0.15, 0.2) is 33.7 Å². The standard InChI is InChI=1S/C50H75N9O23/c1-6-15-70-19-21-73-23-24-74-22-20-71-16-11-37(61)59(13-9-7-8-10-38(62)81-41(35-27-75-49(66)79-35)40-29(2)31(57-46(51)52)25-33(77-40)44(63)68-4)14-18-72-17-12-55-48(65)82-42(36-28-76-50(67)80-36)43-39(56-30(3)60)32(58-47(53)54)26-34(78-43)45(64)69-5/h1,25-26,29,31-32,35-36,39-43H,7-24,27-28H2,2-5H3,(H,55,65)(H,56,60)(H4,51,52,57)(H4,53,54,58)/t29-,31+,32+,35-,36-,39-,40-,41-,42-,43-/m1/s1. The SMILES string of the molecule is C#CCOCCOCCOCCOCCC(=O)N(CCCCCC(=O)O[C@@H]([C@@H]1OC(C(=O)OC)=C[C@H](N=C(N)N)[C@H]1C)[C@H]1COC(=O)O1)CCOCCNC(=O)O[C@@H]([C@@H]1OC(C(=O)OC)=C[C@H](N=C(N)N)[C@H]1NC(C)=O)[C@H]1COC(=O)O1. The summed E-state index contributed by atoms with van der Waals surface area (Å²) in [5.74, 6) is -2.91. The van der Waals surface area contributed by atoms with Gasteiger partial charge >= 0.3 is 36.3 Å². The minimum absolute atomic E-state index is 0.00947. The van der Waals surface area contributed by atoms with E-state index in [2.05, 4.69) is 26.5 Å². The molecule has 0 aromatic carbocycles. The summed E-state index contributed by atoms with van der Waals surface area (Å²) >= 11 is 0. The molecule has 10 atom stereocenters. The first-order valence-corrected chi connectivity index (χ1v) is 26.1. The zero-order valence-corrected chi connectivity index (χ0v) is 46.2. The fraction of sp³-hybridized carbons (Fsp3) is 0.680. The van der Waals surface area contributed by atoms with E-state index in [-0.39, 0.29) is 96.3 Å². The van der Waals surface area contributed by atoms with Crippen LogP contribution in [0.5, 0.6) is 0 Å². The van der Waals surface area contributed by atoms with E-state index < -0.39 is 121 Å². The van der Waals surface area contributed by atoms with Gasteiger partial charge in [0.25, 0.3) is 0 Å². The van der Waals surface area contributed by atoms with Gasteiger partial charge in [0, 0.05) is 38.9 Å². The fourth-order valence-electron chi connectivity index (χ4n) is 8.41. The largest absolute Gasteiger partial charge is 0.508 e. The lowest BCUT2D eigenvalue weighted by Gasteiger charge is -2.39. The van der Waals surface area contributed by atoms with Gasteiger partial charge in [-0.15, -0.1) is 6.42 Å². The number of esters is 3. The third kappa shape index (κ3) is 22.9. The molecule has 2 fully saturated rings. The quantitative estimate of drug-likeness (QED) is 0.00977. The summed E-state index contributed by atoms with van der Waals surface area (Å²) in [6.45, 7) is 4.49. The Labute approximate surface area is 472 Å². The van der Waals surface area contributed by atoms with Crippen LogP contribution in [0.4, 0.5) is 14.4 Å². The Balaban J connectivity index is 1.33. The number of nitrogens with two attached hydrogens (primary N) is 4. The van der Waals surface area contributed by atoms with Crippen LogP contribution >= 0.6 is 0 Å². The first-order valence-electron chi connectivity index (χ1n) is 26.1. The highest BCUT2D eigenvalue weighted by atomic mass is 16.8. The Morgan fingerprint density at radius 2 is 1.22 bits per heavy atom. The van der Waals surface area contributed by atoms with E-state index in [1.807, 2.05) is 0 Å². The van der Waals surface area contributed by atoms with E-state index in [0.29, 0.717) is 45.7 Å². The summed E-state index contributed by atoms with van der Waals surface area (Å²) in [5.41, 5.74) is 22.6. The summed E-state index contributed by atoms with van der Waals surface area (Å²) in [6.07, 6.45) is -2.05. The summed E-state index contributed by atoms with van der Waals surface area (Å²) in [5, 5.41) is 5.15. The molecule has 0 radical (unpaired) electrons. The van der Waals surface area contributed by atoms with Gasteiger partial charge in [-0.2, -0.15) is 0 Å². The Kier molecular flexibility index (Phi) is 29.1. The van der Waals surface area contributed by atoms with Crippen molar-refractivity contribution in [1.29, 1.82) is 0 Å². The van der Waals surface area contributed by atoms with Crippen molar-refractivity contribution in [2.75, 3.05) is 113 Å². The number of hydrogen-bond donors (Lipinski definition) is 6. The molecule has 0 saturated carbocycles. The highest BCUT2D eigenvalue weighted by Gasteiger charge is 2.51. The van der Waals surface area contributed by atoms with Crippen LogP contribution in [0, 0.1) is 18.3 Å². The molecule has 0 bridgehead atoms. The van der Waals surface area contributed by atoms with Crippen LogP contribution in [0.2, 0.25) is 0 Å². The fourth-order valence-corrected chi connectivity index (χ4v) is 8.41. The van der Waals surface area contributed by atoms with Gasteiger partial charge in [-0.3, -0.25) is 14.4 Å². The zero-order chi connectivity index (χ0) is 60.0. The molecule has 10 N–H and O–H groups in total. The summed E-state index contributed by atoms with van der Waals surface area (Å²) in [4.78, 5) is 112. The van der Waals surface area contributed by atoms with Gasteiger partial charge in [-0.05, 0) is 25.0 Å². The van der Waals surface area contributed by atoms with Crippen molar-refractivity contribution in [3.8, 4) is 12.3 Å². The predicted molar refractivity (Wildman–Crippen MR) is 279 cm³/mol. The molecular weight excluding hydrogens is 1090 g/mol. The van der Waals surface area contributed by atoms with E-state index in [1.165, 1.54) is 19.1 Å². The molecule has 458 valence electrons. The Morgan fingerprint density at radius 3 is 1.77 bits per heavy atom. The number of cyclic esters (lactones) is 4. The number of ether oxygens (including phenoxy) is 15. The van der Waals surface area contributed by atoms with E-state index in [1.54, 1.807) is 11.8 Å². The first-order chi connectivity index (χ1) is 39.3. The van der Waals surface area contributed by atoms with Crippen molar-refractivity contribution < 1.29 is 109 Å². The number of guanidine groups is 2. The van der Waals surface area contributed by atoms with Crippen molar-refractivity contribution in [3.63, 3.8) is 0 Å². The highest BCUT2D eigenvalue weighted by molar-refractivity contribution is 5.87. The van der Waals surface area contributed by atoms with E-state index >= 15 is 0 Å². The lowest BCUT2D eigenvalue weighted by Crippen LogP contribution is -2.61. The number of amides is 3. The maximum absolute atomic E-state index is 13.6. The predicted octanol–water partition coefficient (Wildman–Crippen LogP) is -2.10. The van der Waals surface area contributed by atoms with Gasteiger partial charge in [-0.25, -0.2) is 34.0 Å². The molecule has 0 unspecified atom stereocenters. The number of alkyl carbamates (subject to hydrolysis) is 1. The van der Waals surface area contributed by atoms with E-state index in [0.717, 1.165) is 14.2 Å². The minimum Gasteiger partial charge on any atom is -0.479 e. The summed E-state index contributed by atoms with van der Waals surface area (Å²) < 4.78 is 81.0. The van der Waals surface area contributed by atoms with Crippen LogP contribution in [0.3, 0.4) is 0 Å². The van der Waals surface area contributed by atoms with Gasteiger partial charge in [0.2, 0.25) is 23.3 Å². The molecule has 0 aromatic rings. The average molecular weight is 1170 g/mol. The molecule has 4 aliphatic rings. The summed E-state index contributed by atoms with van der Waals surface area (Å²) in [6, 6.07) is -3.15. The number of unbranched alkanes of at least 4 members (excludes halogenated alkanes) is 2. The molecule has 4 heterocycles. The Hall–Kier alpha value is -7.86. The monoisotopic (exact) mass is 1170 g/mol. The molecule has 0 spiro atoms. The number of rotatable bonds is 36. The molecule has 32 heteroatoms. The van der Waals surface area contributed by atoms with E-state index in [4.69, 9.17) is 100 Å². The average Bonchev–Trinajstić information content (AvgIpc) is 4.25. The molecule has 32 nitrogen and oxygen atoms in total. The molecule has 82 heavy (non-hydrogen) atoms. The Morgan fingerprint density at radius 1 is 0.683 bits per heavy atom. The van der Waals surface area contributed by atoms with Crippen LogP contribution < -0.4 is 33.6 Å². The van der Waals surface area contributed by atoms with E-state index in [9.17, 15) is 38.4 Å². The molecule has 4 rings (SSSR count). The summed E-state index contributed by atoms with van der Waals surface area (Å²) in [7, 11) is 2.24. The van der Waals surface area contributed by atoms with Gasteiger partial charge in [0.05, 0.1) is 98.2 Å². The molecular formula is C50H75N9O23. The number of methoxy groups -OCH3 is 2. The molecule has 3 amide bonds. The molecule has 0 aliphatic carbocycles. The number of hydrogen-bond acceptors (Lipinski definition) is 25. The Bertz CT molecular complexity index is 2310. The maximum atomic E-state index is 13.6. The number of carbonyl (C=O) groups excluding carboxylic acids is 8. The number of terminal acetylenes is 1. The second kappa shape index (κ2) is 35.8. The lowest BCUT2D eigenvalue weighted by atomic mass is 9.87. The molecule has 2 saturated heterocycles. The van der Waals surface area contributed by atoms with Crippen molar-refractivity contribution in [3.05, 3.63) is 23.7 Å². The van der Waals surface area contributed by atoms with Gasteiger partial charge < -0.3 is 110 Å². The van der Waals surface area contributed by atoms with Gasteiger partial charge in [-0.1, -0.05) is 19.3 Å². The minimum atomic E-state index is -1.54. The lowest BCUT2D eigenvalue weighted by molar-refractivity contribution is -0.171. The van der Waals surface area contributed by atoms with Gasteiger partial charge in [0.1, 0.15) is 25.9 Å². The number of carbonyl (C=O) groups is 8. The second-order valence-electron chi connectivity index (χ2n) is 18.2. The number of nitrogens with zero attached hydrogens (tertiary/aromatic N) is 3. The maximum Gasteiger partial charge on any atom is 0.508 e. The van der Waals surface area contributed by atoms with Crippen LogP contribution in [-0.4, -0.2) is 233 Å². The first kappa shape index (κ1) is 66.7. The zero-order valence-electron chi connectivity index (χ0n) is 46.2. The molecule has 4 aliphatic heterocycles.